The van der Waals surface area contributed by atoms with E-state index in [0.717, 1.165) is 12.1 Å². The second-order valence-electron chi connectivity index (χ2n) is 6.82. The van der Waals surface area contributed by atoms with Crippen molar-refractivity contribution in [1.29, 1.82) is 0 Å². The Morgan fingerprint density at radius 3 is 2.76 bits per heavy atom. The minimum atomic E-state index is -0.340. The molecule has 1 fully saturated rings. The zero-order valence-electron chi connectivity index (χ0n) is 13.2. The topological polar surface area (TPSA) is 38.3 Å². The average Bonchev–Trinajstić information content (AvgIpc) is 2.42. The Morgan fingerprint density at radius 2 is 2.14 bits per heavy atom. The first-order valence-electron chi connectivity index (χ1n) is 7.47. The lowest BCUT2D eigenvalue weighted by Crippen LogP contribution is -2.37. The van der Waals surface area contributed by atoms with Gasteiger partial charge in [0, 0.05) is 6.04 Å². The van der Waals surface area contributed by atoms with Gasteiger partial charge in [0.05, 0.1) is 23.4 Å². The highest BCUT2D eigenvalue weighted by molar-refractivity contribution is 6.33. The summed E-state index contributed by atoms with van der Waals surface area (Å²) in [6.07, 6.45) is 3.51. The van der Waals surface area contributed by atoms with E-state index in [1.54, 1.807) is 18.2 Å². The second-order valence-corrected chi connectivity index (χ2v) is 7.23. The Balaban J connectivity index is 2.14. The molecule has 0 radical (unpaired) electrons. The normalized spacial score (nSPS) is 24.4. The number of rotatable bonds is 3. The Kier molecular flexibility index (Phi) is 4.82. The van der Waals surface area contributed by atoms with E-state index in [0.29, 0.717) is 28.0 Å². The average molecular weight is 310 g/mol. The maximum atomic E-state index is 11.6. The van der Waals surface area contributed by atoms with Crippen LogP contribution in [0.2, 0.25) is 5.02 Å². The maximum Gasteiger partial charge on any atom is 0.337 e. The Bertz CT molecular complexity index is 528. The van der Waals surface area contributed by atoms with Crippen LogP contribution in [0, 0.1) is 11.3 Å². The minimum absolute atomic E-state index is 0.340. The molecule has 0 saturated heterocycles. The molecule has 3 nitrogen and oxygen atoms in total. The van der Waals surface area contributed by atoms with Gasteiger partial charge < -0.3 is 10.1 Å². The molecule has 1 aromatic carbocycles. The number of ether oxygens (including phenoxy) is 1. The van der Waals surface area contributed by atoms with Gasteiger partial charge in [-0.3, -0.25) is 0 Å². The molecule has 0 aromatic heterocycles. The number of carbonyl (C=O) groups is 1. The summed E-state index contributed by atoms with van der Waals surface area (Å²) in [4.78, 5) is 11.6. The highest BCUT2D eigenvalue weighted by atomic mass is 35.5. The second kappa shape index (κ2) is 6.27. The van der Waals surface area contributed by atoms with Gasteiger partial charge in [0.2, 0.25) is 0 Å². The van der Waals surface area contributed by atoms with Gasteiger partial charge in [-0.05, 0) is 48.8 Å². The molecule has 2 rings (SSSR count). The molecule has 2 atom stereocenters. The van der Waals surface area contributed by atoms with Crippen LogP contribution in [0.25, 0.3) is 0 Å². The smallest absolute Gasteiger partial charge is 0.337 e. The molecule has 4 heteroatoms. The van der Waals surface area contributed by atoms with Crippen LogP contribution in [0.1, 0.15) is 50.4 Å². The fourth-order valence-electron chi connectivity index (χ4n) is 3.24. The number of methoxy groups -OCH3 is 1. The van der Waals surface area contributed by atoms with Gasteiger partial charge in [-0.2, -0.15) is 0 Å². The summed E-state index contributed by atoms with van der Waals surface area (Å²) < 4.78 is 4.76. The minimum Gasteiger partial charge on any atom is -0.465 e. The van der Waals surface area contributed by atoms with Crippen molar-refractivity contribution in [3.8, 4) is 0 Å². The Hall–Kier alpha value is -1.22. The van der Waals surface area contributed by atoms with Gasteiger partial charge in [0.15, 0.2) is 0 Å². The first-order valence-corrected chi connectivity index (χ1v) is 7.84. The van der Waals surface area contributed by atoms with E-state index in [-0.39, 0.29) is 5.97 Å². The van der Waals surface area contributed by atoms with Crippen LogP contribution in [0.5, 0.6) is 0 Å². The van der Waals surface area contributed by atoms with Gasteiger partial charge in [0.1, 0.15) is 0 Å². The molecule has 1 N–H and O–H groups in total. The summed E-state index contributed by atoms with van der Waals surface area (Å²) in [6.45, 7) is 6.92. The van der Waals surface area contributed by atoms with Crippen molar-refractivity contribution in [2.24, 2.45) is 11.3 Å². The monoisotopic (exact) mass is 309 g/mol. The van der Waals surface area contributed by atoms with Crippen LogP contribution in [-0.2, 0) is 4.74 Å². The van der Waals surface area contributed by atoms with Crippen LogP contribution in [-0.4, -0.2) is 19.1 Å². The molecular formula is C17H24ClNO2. The van der Waals surface area contributed by atoms with E-state index >= 15 is 0 Å². The fraction of sp³-hybridized carbons (Fsp3) is 0.588. The van der Waals surface area contributed by atoms with Crippen molar-refractivity contribution in [1.82, 2.24) is 0 Å². The zero-order valence-corrected chi connectivity index (χ0v) is 14.0. The van der Waals surface area contributed by atoms with Gasteiger partial charge in [0.25, 0.3) is 0 Å². The maximum absolute atomic E-state index is 11.6. The summed E-state index contributed by atoms with van der Waals surface area (Å²) in [5, 5.41) is 4.15. The van der Waals surface area contributed by atoms with Crippen molar-refractivity contribution in [2.45, 2.75) is 46.1 Å². The third-order valence-electron chi connectivity index (χ3n) is 4.42. The number of esters is 1. The number of hydrogen-bond acceptors (Lipinski definition) is 3. The van der Waals surface area contributed by atoms with Gasteiger partial charge in [-0.25, -0.2) is 4.79 Å². The first-order chi connectivity index (χ1) is 9.82. The molecule has 1 saturated carbocycles. The lowest BCUT2D eigenvalue weighted by molar-refractivity contribution is 0.0601. The molecule has 21 heavy (non-hydrogen) atoms. The van der Waals surface area contributed by atoms with E-state index in [1.165, 1.54) is 20.0 Å². The predicted octanol–water partition coefficient (Wildman–Crippen LogP) is 4.75. The SMILES string of the molecule is COC(=O)c1ccc(Cl)c(NC2CCC(C)(C)CC2C)c1. The Morgan fingerprint density at radius 1 is 1.43 bits per heavy atom. The Labute approximate surface area is 132 Å². The van der Waals surface area contributed by atoms with Crippen molar-refractivity contribution >= 4 is 23.3 Å². The van der Waals surface area contributed by atoms with Crippen molar-refractivity contribution in [2.75, 3.05) is 12.4 Å². The number of halogens is 1. The highest BCUT2D eigenvalue weighted by Gasteiger charge is 2.32. The summed E-state index contributed by atoms with van der Waals surface area (Å²) in [5.74, 6) is 0.235. The molecule has 0 spiro atoms. The van der Waals surface area contributed by atoms with Crippen LogP contribution in [0.4, 0.5) is 5.69 Å². The molecule has 1 aromatic rings. The molecule has 0 heterocycles. The van der Waals surface area contributed by atoms with Gasteiger partial charge in [-0.1, -0.05) is 32.4 Å². The van der Waals surface area contributed by atoms with E-state index in [4.69, 9.17) is 16.3 Å². The summed E-state index contributed by atoms with van der Waals surface area (Å²) in [6, 6.07) is 5.60. The predicted molar refractivity (Wildman–Crippen MR) is 87.0 cm³/mol. The van der Waals surface area contributed by atoms with E-state index in [1.807, 2.05) is 0 Å². The zero-order chi connectivity index (χ0) is 15.6. The van der Waals surface area contributed by atoms with Crippen LogP contribution in [0.3, 0.4) is 0 Å². The molecular weight excluding hydrogens is 286 g/mol. The summed E-state index contributed by atoms with van der Waals surface area (Å²) in [5.41, 5.74) is 1.75. The number of hydrogen-bond donors (Lipinski definition) is 1. The van der Waals surface area contributed by atoms with E-state index < -0.39 is 0 Å². The molecule has 1 aliphatic carbocycles. The lowest BCUT2D eigenvalue weighted by atomic mass is 9.70. The fourth-order valence-corrected chi connectivity index (χ4v) is 3.41. The van der Waals surface area contributed by atoms with Crippen LogP contribution >= 0.6 is 11.6 Å². The molecule has 2 unspecified atom stereocenters. The highest BCUT2D eigenvalue weighted by Crippen LogP contribution is 2.40. The lowest BCUT2D eigenvalue weighted by Gasteiger charge is -2.40. The molecule has 0 aliphatic heterocycles. The van der Waals surface area contributed by atoms with Crippen LogP contribution < -0.4 is 5.32 Å². The molecule has 116 valence electrons. The molecule has 0 amide bonds. The number of anilines is 1. The van der Waals surface area contributed by atoms with Gasteiger partial charge >= 0.3 is 5.97 Å². The summed E-state index contributed by atoms with van der Waals surface area (Å²) >= 11 is 6.25. The van der Waals surface area contributed by atoms with Crippen molar-refractivity contribution in [3.05, 3.63) is 28.8 Å². The number of carbonyl (C=O) groups excluding carboxylic acids is 1. The largest absolute Gasteiger partial charge is 0.465 e. The first kappa shape index (κ1) is 16.2. The third-order valence-corrected chi connectivity index (χ3v) is 4.75. The standard InChI is InChI=1S/C17H24ClNO2/c1-11-10-17(2,3)8-7-14(11)19-15-9-12(16(20)21-4)5-6-13(15)18/h5-6,9,11,14,19H,7-8,10H2,1-4H3. The van der Waals surface area contributed by atoms with Crippen LogP contribution in [0.15, 0.2) is 18.2 Å². The van der Waals surface area contributed by atoms with Crippen molar-refractivity contribution < 1.29 is 9.53 Å². The number of benzene rings is 1. The number of nitrogens with one attached hydrogen (secondary N) is 1. The van der Waals surface area contributed by atoms with E-state index in [9.17, 15) is 4.79 Å². The quantitative estimate of drug-likeness (QED) is 0.819. The molecule has 0 bridgehead atoms. The third kappa shape index (κ3) is 3.91. The molecule has 1 aliphatic rings. The van der Waals surface area contributed by atoms with E-state index in [2.05, 4.69) is 26.1 Å². The van der Waals surface area contributed by atoms with Crippen molar-refractivity contribution in [3.63, 3.8) is 0 Å². The van der Waals surface area contributed by atoms with Gasteiger partial charge in [-0.15, -0.1) is 0 Å². The summed E-state index contributed by atoms with van der Waals surface area (Å²) in [7, 11) is 1.38.